The van der Waals surface area contributed by atoms with Gasteiger partial charge in [0.15, 0.2) is 0 Å². The van der Waals surface area contributed by atoms with Crippen LogP contribution in [0, 0.1) is 6.92 Å². The Morgan fingerprint density at radius 3 is 2.80 bits per heavy atom. The van der Waals surface area contributed by atoms with Gasteiger partial charge in [-0.25, -0.2) is 4.98 Å². The monoisotopic (exact) mass is 206 g/mol. The van der Waals surface area contributed by atoms with Gasteiger partial charge in [-0.15, -0.1) is 0 Å². The van der Waals surface area contributed by atoms with E-state index in [1.54, 1.807) is 0 Å². The van der Waals surface area contributed by atoms with Crippen LogP contribution in [0.1, 0.15) is 25.3 Å². The van der Waals surface area contributed by atoms with Gasteiger partial charge in [0.25, 0.3) is 0 Å². The molecular formula is C11H18N4. The van der Waals surface area contributed by atoms with E-state index in [2.05, 4.69) is 34.0 Å². The Balaban J connectivity index is 2.31. The van der Waals surface area contributed by atoms with Crippen LogP contribution in [0.2, 0.25) is 0 Å². The molecule has 1 aliphatic rings. The molecule has 0 unspecified atom stereocenters. The third-order valence-corrected chi connectivity index (χ3v) is 2.77. The summed E-state index contributed by atoms with van der Waals surface area (Å²) in [5.74, 6) is 1.79. The number of aromatic nitrogens is 2. The fraction of sp³-hybridized carbons (Fsp3) is 0.636. The highest BCUT2D eigenvalue weighted by Gasteiger charge is 2.29. The molecule has 1 N–H and O–H groups in total. The highest BCUT2D eigenvalue weighted by molar-refractivity contribution is 5.50. The number of anilines is 2. The average molecular weight is 206 g/mol. The van der Waals surface area contributed by atoms with Gasteiger partial charge < -0.3 is 10.2 Å². The Bertz CT molecular complexity index is 346. The topological polar surface area (TPSA) is 41.1 Å². The van der Waals surface area contributed by atoms with Crippen molar-refractivity contribution in [1.29, 1.82) is 0 Å². The van der Waals surface area contributed by atoms with Crippen molar-refractivity contribution >= 4 is 11.8 Å². The van der Waals surface area contributed by atoms with Gasteiger partial charge in [0.05, 0.1) is 0 Å². The molecule has 1 aromatic heterocycles. The lowest BCUT2D eigenvalue weighted by molar-refractivity contribution is 0.800. The summed E-state index contributed by atoms with van der Waals surface area (Å²) < 4.78 is 0. The first-order valence-corrected chi connectivity index (χ1v) is 5.54. The van der Waals surface area contributed by atoms with Crippen LogP contribution in [0.15, 0.2) is 6.20 Å². The first-order valence-electron chi connectivity index (χ1n) is 5.54. The molecule has 4 nitrogen and oxygen atoms in total. The van der Waals surface area contributed by atoms with Crippen LogP contribution in [0.25, 0.3) is 0 Å². The molecule has 82 valence electrons. The van der Waals surface area contributed by atoms with Gasteiger partial charge in [-0.1, -0.05) is 0 Å². The zero-order chi connectivity index (χ0) is 10.8. The van der Waals surface area contributed by atoms with E-state index < -0.39 is 0 Å². The maximum absolute atomic E-state index is 4.53. The molecule has 0 amide bonds. The zero-order valence-electron chi connectivity index (χ0n) is 9.62. The summed E-state index contributed by atoms with van der Waals surface area (Å²) in [6.45, 7) is 5.27. The summed E-state index contributed by atoms with van der Waals surface area (Å²) in [7, 11) is 1.85. The minimum absolute atomic E-state index is 0.702. The highest BCUT2D eigenvalue weighted by atomic mass is 15.3. The van der Waals surface area contributed by atoms with Gasteiger partial charge in [0, 0.05) is 31.4 Å². The first-order chi connectivity index (χ1) is 7.26. The van der Waals surface area contributed by atoms with Crippen LogP contribution >= 0.6 is 0 Å². The van der Waals surface area contributed by atoms with Crippen LogP contribution in [0.5, 0.6) is 0 Å². The number of aryl methyl sites for hydroxylation is 1. The zero-order valence-corrected chi connectivity index (χ0v) is 9.62. The molecule has 1 heterocycles. The molecule has 0 bridgehead atoms. The third kappa shape index (κ3) is 2.03. The molecule has 1 aliphatic carbocycles. The van der Waals surface area contributed by atoms with Crippen LogP contribution in [-0.4, -0.2) is 29.6 Å². The molecule has 2 rings (SSSR count). The molecule has 1 aromatic rings. The average Bonchev–Trinajstić information content (AvgIpc) is 3.06. The Morgan fingerprint density at radius 1 is 1.53 bits per heavy atom. The molecular weight excluding hydrogens is 188 g/mol. The quantitative estimate of drug-likeness (QED) is 0.815. The van der Waals surface area contributed by atoms with Crippen LogP contribution in [0.4, 0.5) is 11.8 Å². The van der Waals surface area contributed by atoms with Gasteiger partial charge in [-0.05, 0) is 26.7 Å². The van der Waals surface area contributed by atoms with Gasteiger partial charge in [-0.3, -0.25) is 0 Å². The van der Waals surface area contributed by atoms with E-state index in [0.717, 1.165) is 17.9 Å². The molecule has 4 heteroatoms. The Kier molecular flexibility index (Phi) is 2.75. The van der Waals surface area contributed by atoms with E-state index in [1.165, 1.54) is 12.8 Å². The van der Waals surface area contributed by atoms with Crippen molar-refractivity contribution in [1.82, 2.24) is 9.97 Å². The second-order valence-corrected chi connectivity index (χ2v) is 3.97. The summed E-state index contributed by atoms with van der Waals surface area (Å²) in [6, 6.07) is 0.702. The second kappa shape index (κ2) is 4.04. The Labute approximate surface area is 90.7 Å². The number of nitrogens with zero attached hydrogens (tertiary/aromatic N) is 3. The first kappa shape index (κ1) is 10.2. The van der Waals surface area contributed by atoms with E-state index in [4.69, 9.17) is 0 Å². The van der Waals surface area contributed by atoms with E-state index in [-0.39, 0.29) is 0 Å². The maximum atomic E-state index is 4.53. The van der Waals surface area contributed by atoms with Crippen molar-refractivity contribution in [3.8, 4) is 0 Å². The van der Waals surface area contributed by atoms with Crippen molar-refractivity contribution in [2.24, 2.45) is 0 Å². The second-order valence-electron chi connectivity index (χ2n) is 3.97. The summed E-state index contributed by atoms with van der Waals surface area (Å²) in [4.78, 5) is 11.1. The SMILES string of the molecule is CCN(c1nc(NC)ncc1C)C1CC1. The van der Waals surface area contributed by atoms with Gasteiger partial charge in [0.2, 0.25) is 5.95 Å². The summed E-state index contributed by atoms with van der Waals surface area (Å²) in [6.07, 6.45) is 4.48. The predicted octanol–water partition coefficient (Wildman–Crippen LogP) is 1.82. The minimum atomic E-state index is 0.702. The van der Waals surface area contributed by atoms with Crippen molar-refractivity contribution in [2.75, 3.05) is 23.8 Å². The van der Waals surface area contributed by atoms with Crippen molar-refractivity contribution in [3.05, 3.63) is 11.8 Å². The minimum Gasteiger partial charge on any atom is -0.357 e. The molecule has 0 aliphatic heterocycles. The number of rotatable bonds is 4. The van der Waals surface area contributed by atoms with Gasteiger partial charge in [-0.2, -0.15) is 4.98 Å². The van der Waals surface area contributed by atoms with Crippen LogP contribution in [0.3, 0.4) is 0 Å². The summed E-state index contributed by atoms with van der Waals surface area (Å²) in [5.41, 5.74) is 1.16. The van der Waals surface area contributed by atoms with Crippen molar-refractivity contribution in [3.63, 3.8) is 0 Å². The standard InChI is InChI=1S/C11H18N4/c1-4-15(9-5-6-9)10-8(2)7-13-11(12-3)14-10/h7,9H,4-6H2,1-3H3,(H,12,13,14). The lowest BCUT2D eigenvalue weighted by Gasteiger charge is -2.23. The normalized spacial score (nSPS) is 15.1. The number of hydrogen-bond donors (Lipinski definition) is 1. The van der Waals surface area contributed by atoms with E-state index in [9.17, 15) is 0 Å². The molecule has 0 saturated heterocycles. The number of hydrogen-bond acceptors (Lipinski definition) is 4. The van der Waals surface area contributed by atoms with E-state index in [0.29, 0.717) is 12.0 Å². The predicted molar refractivity (Wildman–Crippen MR) is 62.4 cm³/mol. The largest absolute Gasteiger partial charge is 0.357 e. The molecule has 0 aromatic carbocycles. The lowest BCUT2D eigenvalue weighted by Crippen LogP contribution is -2.27. The summed E-state index contributed by atoms with van der Waals surface area (Å²) in [5, 5.41) is 2.98. The van der Waals surface area contributed by atoms with Gasteiger partial charge in [0.1, 0.15) is 5.82 Å². The van der Waals surface area contributed by atoms with Crippen LogP contribution < -0.4 is 10.2 Å². The maximum Gasteiger partial charge on any atom is 0.224 e. The van der Waals surface area contributed by atoms with Crippen LogP contribution in [-0.2, 0) is 0 Å². The fourth-order valence-electron chi connectivity index (χ4n) is 1.81. The lowest BCUT2D eigenvalue weighted by atomic mass is 10.3. The molecule has 1 fully saturated rings. The Morgan fingerprint density at radius 2 is 2.27 bits per heavy atom. The summed E-state index contributed by atoms with van der Waals surface area (Å²) >= 11 is 0. The third-order valence-electron chi connectivity index (χ3n) is 2.77. The number of nitrogens with one attached hydrogen (secondary N) is 1. The molecule has 15 heavy (non-hydrogen) atoms. The fourth-order valence-corrected chi connectivity index (χ4v) is 1.81. The van der Waals surface area contributed by atoms with Crippen molar-refractivity contribution in [2.45, 2.75) is 32.7 Å². The van der Waals surface area contributed by atoms with Gasteiger partial charge >= 0.3 is 0 Å². The van der Waals surface area contributed by atoms with E-state index >= 15 is 0 Å². The molecule has 0 radical (unpaired) electrons. The Hall–Kier alpha value is -1.32. The highest BCUT2D eigenvalue weighted by Crippen LogP contribution is 2.32. The molecule has 1 saturated carbocycles. The smallest absolute Gasteiger partial charge is 0.224 e. The molecule has 0 spiro atoms. The molecule has 0 atom stereocenters. The van der Waals surface area contributed by atoms with Crippen molar-refractivity contribution < 1.29 is 0 Å². The van der Waals surface area contributed by atoms with E-state index in [1.807, 2.05) is 13.2 Å².